The number of benzene rings is 1. The maximum absolute atomic E-state index is 4.72. The van der Waals surface area contributed by atoms with Gasteiger partial charge in [-0.1, -0.05) is 59.7 Å². The zero-order chi connectivity index (χ0) is 20.4. The second-order valence-electron chi connectivity index (χ2n) is 4.26. The summed E-state index contributed by atoms with van der Waals surface area (Å²) in [6.45, 7) is 27.6. The maximum Gasteiger partial charge on any atom is 0.181 e. The number of hydrogen-bond donors (Lipinski definition) is 0. The van der Waals surface area contributed by atoms with Gasteiger partial charge >= 0.3 is 0 Å². The first-order valence-electron chi connectivity index (χ1n) is 9.04. The van der Waals surface area contributed by atoms with Crippen LogP contribution in [0.5, 0.6) is 0 Å². The van der Waals surface area contributed by atoms with Crippen molar-refractivity contribution in [2.45, 2.75) is 62.3 Å². The monoisotopic (exact) mass is 432 g/mol. The van der Waals surface area contributed by atoms with Crippen LogP contribution in [0.2, 0.25) is 0 Å². The minimum atomic E-state index is 0. The first kappa shape index (κ1) is 32.6. The van der Waals surface area contributed by atoms with Crippen LogP contribution in [-0.2, 0) is 39.8 Å². The van der Waals surface area contributed by atoms with Crippen LogP contribution in [0.3, 0.4) is 0 Å². The molecule has 26 heavy (non-hydrogen) atoms. The van der Waals surface area contributed by atoms with Crippen molar-refractivity contribution in [2.24, 2.45) is 7.05 Å². The molecule has 3 nitrogen and oxygen atoms in total. The van der Waals surface area contributed by atoms with E-state index in [0.717, 1.165) is 17.2 Å². The number of hydrogen-bond acceptors (Lipinski definition) is 2. The molecule has 1 heterocycles. The molecule has 0 unspecified atom stereocenters. The van der Waals surface area contributed by atoms with Crippen molar-refractivity contribution < 1.29 is 32.7 Å². The minimum absolute atomic E-state index is 0. The Balaban J connectivity index is -0.000000189. The van der Waals surface area contributed by atoms with Crippen LogP contribution in [0, 0.1) is 33.9 Å². The number of nitrogens with zero attached hydrogens (tertiary/aromatic N) is 3. The molecule has 0 aliphatic rings. The number of aromatic nitrogens is 3. The summed E-state index contributed by atoms with van der Waals surface area (Å²) in [6, 6.07) is 6.24. The first-order chi connectivity index (χ1) is 12.0. The van der Waals surface area contributed by atoms with Crippen molar-refractivity contribution in [3.63, 3.8) is 0 Å². The second kappa shape index (κ2) is 22.0. The van der Waals surface area contributed by atoms with Crippen LogP contribution >= 0.6 is 0 Å². The van der Waals surface area contributed by atoms with Crippen molar-refractivity contribution in [2.75, 3.05) is 0 Å². The molecule has 4 heteroatoms. The summed E-state index contributed by atoms with van der Waals surface area (Å²) in [4.78, 5) is 4.45. The normalized spacial score (nSPS) is 7.62. The Labute approximate surface area is 187 Å². The van der Waals surface area contributed by atoms with E-state index in [-0.39, 0.29) is 32.7 Å². The predicted octanol–water partition coefficient (Wildman–Crippen LogP) is 6.45. The van der Waals surface area contributed by atoms with E-state index in [1.165, 1.54) is 23.3 Å². The third kappa shape index (κ3) is 12.3. The van der Waals surface area contributed by atoms with Crippen molar-refractivity contribution >= 4 is 0 Å². The molecule has 0 fully saturated rings. The molecule has 0 spiro atoms. The Bertz CT molecular complexity index is 541. The van der Waals surface area contributed by atoms with Gasteiger partial charge in [0.2, 0.25) is 0 Å². The first-order valence-corrected chi connectivity index (χ1v) is 9.04. The Morgan fingerprint density at radius 3 is 1.50 bits per heavy atom. The van der Waals surface area contributed by atoms with Gasteiger partial charge in [-0.15, -0.1) is 0 Å². The number of rotatable bonds is 2. The number of aryl methyl sites for hydroxylation is 4. The van der Waals surface area contributed by atoms with E-state index in [1.807, 2.05) is 55.5 Å². The zero-order valence-electron chi connectivity index (χ0n) is 18.5. The average molecular weight is 432 g/mol. The van der Waals surface area contributed by atoms with E-state index < -0.39 is 0 Å². The van der Waals surface area contributed by atoms with Gasteiger partial charge in [-0.3, -0.25) is 4.68 Å². The predicted molar refractivity (Wildman–Crippen MR) is 112 cm³/mol. The van der Waals surface area contributed by atoms with E-state index in [1.54, 1.807) is 4.68 Å². The largest absolute Gasteiger partial charge is 0.394 e. The molecule has 0 amide bonds. The standard InChI is InChI=1S/C12H15N3.C4H4.3C2H6.Y/c1-8-6-5-7-9(2)11(8)12-13-10(3)15(4)14-12;1-3-4-2;3*1-2;/h5-7H,1-4H3;1-4H;3*1-2H3;/q;-2;;;;. The molecule has 0 saturated heterocycles. The van der Waals surface area contributed by atoms with Gasteiger partial charge in [-0.25, -0.2) is 4.98 Å². The molecule has 1 aromatic heterocycles. The van der Waals surface area contributed by atoms with Crippen molar-refractivity contribution in [1.82, 2.24) is 14.8 Å². The summed E-state index contributed by atoms with van der Waals surface area (Å²) < 4.78 is 1.81. The van der Waals surface area contributed by atoms with E-state index >= 15 is 0 Å². The molecular formula is C22H37N3Y-2. The SMILES string of the molecule is CC.CC.CC.Cc1cccc(C)c1-c1nc(C)n(C)n1.[CH-]=CC=[CH-].[Y]. The Morgan fingerprint density at radius 2 is 1.23 bits per heavy atom. The zero-order valence-corrected chi connectivity index (χ0v) is 21.3. The molecule has 1 aromatic carbocycles. The van der Waals surface area contributed by atoms with Gasteiger partial charge in [0.05, 0.1) is 0 Å². The number of allylic oxidation sites excluding steroid dienone is 2. The fourth-order valence-electron chi connectivity index (χ4n) is 1.74. The summed E-state index contributed by atoms with van der Waals surface area (Å²) in [5.41, 5.74) is 3.60. The Hall–Kier alpha value is -1.06. The topological polar surface area (TPSA) is 30.7 Å². The van der Waals surface area contributed by atoms with Gasteiger partial charge in [0.25, 0.3) is 0 Å². The smallest absolute Gasteiger partial charge is 0.181 e. The van der Waals surface area contributed by atoms with Crippen molar-refractivity contribution in [3.8, 4) is 11.4 Å². The maximum atomic E-state index is 4.72. The van der Waals surface area contributed by atoms with Gasteiger partial charge < -0.3 is 25.3 Å². The summed E-state index contributed by atoms with van der Waals surface area (Å²) >= 11 is 0. The molecular weight excluding hydrogens is 395 g/mol. The fourth-order valence-corrected chi connectivity index (χ4v) is 1.74. The van der Waals surface area contributed by atoms with E-state index in [2.05, 4.69) is 42.1 Å². The fraction of sp³-hybridized carbons (Fsp3) is 0.455. The summed E-state index contributed by atoms with van der Waals surface area (Å²) in [7, 11) is 1.92. The van der Waals surface area contributed by atoms with Crippen LogP contribution < -0.4 is 0 Å². The molecule has 2 rings (SSSR count). The molecule has 145 valence electrons. The third-order valence-electron chi connectivity index (χ3n) is 2.80. The van der Waals surface area contributed by atoms with E-state index in [4.69, 9.17) is 13.2 Å². The van der Waals surface area contributed by atoms with Gasteiger partial charge in [0, 0.05) is 45.3 Å². The third-order valence-corrected chi connectivity index (χ3v) is 2.80. The van der Waals surface area contributed by atoms with Gasteiger partial charge in [-0.2, -0.15) is 5.10 Å². The van der Waals surface area contributed by atoms with E-state index in [9.17, 15) is 0 Å². The average Bonchev–Trinajstić information content (AvgIpc) is 2.98. The minimum Gasteiger partial charge on any atom is -0.394 e. The summed E-state index contributed by atoms with van der Waals surface area (Å²) in [5.74, 6) is 1.76. The van der Waals surface area contributed by atoms with Crippen molar-refractivity contribution in [1.29, 1.82) is 0 Å². The summed E-state index contributed by atoms with van der Waals surface area (Å²) in [6.07, 6.45) is 2.56. The summed E-state index contributed by atoms with van der Waals surface area (Å²) in [5, 5.41) is 4.41. The van der Waals surface area contributed by atoms with Crippen LogP contribution in [0.15, 0.2) is 30.4 Å². The Kier molecular flexibility index (Phi) is 27.6. The molecule has 2 aromatic rings. The Morgan fingerprint density at radius 1 is 0.846 bits per heavy atom. The molecule has 0 aliphatic heterocycles. The van der Waals surface area contributed by atoms with Gasteiger partial charge in [-0.05, 0) is 31.9 Å². The van der Waals surface area contributed by atoms with Crippen LogP contribution in [0.4, 0.5) is 0 Å². The van der Waals surface area contributed by atoms with Gasteiger partial charge in [0.1, 0.15) is 5.82 Å². The quantitative estimate of drug-likeness (QED) is 0.403. The van der Waals surface area contributed by atoms with Crippen molar-refractivity contribution in [3.05, 3.63) is 60.5 Å². The molecule has 0 saturated carbocycles. The molecule has 0 aliphatic carbocycles. The molecule has 0 bridgehead atoms. The van der Waals surface area contributed by atoms with E-state index in [0.29, 0.717) is 0 Å². The van der Waals surface area contributed by atoms with Crippen LogP contribution in [0.25, 0.3) is 11.4 Å². The molecule has 1 radical (unpaired) electrons. The molecule has 0 atom stereocenters. The van der Waals surface area contributed by atoms with Crippen LogP contribution in [0.1, 0.15) is 58.5 Å². The second-order valence-corrected chi connectivity index (χ2v) is 4.26. The van der Waals surface area contributed by atoms with Crippen LogP contribution in [-0.4, -0.2) is 14.8 Å². The van der Waals surface area contributed by atoms with Gasteiger partial charge in [0.15, 0.2) is 5.82 Å². The molecule has 0 N–H and O–H groups in total.